The van der Waals surface area contributed by atoms with Crippen molar-refractivity contribution in [3.05, 3.63) is 25.3 Å². The van der Waals surface area contributed by atoms with E-state index in [4.69, 9.17) is 5.11 Å². The molecule has 0 bridgehead atoms. The molecule has 0 aromatic heterocycles. The lowest BCUT2D eigenvalue weighted by Crippen LogP contribution is -2.35. The van der Waals surface area contributed by atoms with Crippen molar-refractivity contribution >= 4 is 11.9 Å². The summed E-state index contributed by atoms with van der Waals surface area (Å²) in [5, 5.41) is 8.75. The van der Waals surface area contributed by atoms with Crippen LogP contribution in [0, 0.1) is 5.41 Å². The quantitative estimate of drug-likeness (QED) is 0.660. The summed E-state index contributed by atoms with van der Waals surface area (Å²) in [5.74, 6) is -0.960. The lowest BCUT2D eigenvalue weighted by molar-refractivity contribution is -0.140. The summed E-state index contributed by atoms with van der Waals surface area (Å²) in [6, 6.07) is 0. The van der Waals surface area contributed by atoms with E-state index >= 15 is 0 Å². The molecule has 0 radical (unpaired) electrons. The van der Waals surface area contributed by atoms with Crippen molar-refractivity contribution in [3.63, 3.8) is 0 Å². The molecule has 0 fully saturated rings. The minimum Gasteiger partial charge on any atom is -0.481 e. The molecule has 4 heteroatoms. The standard InChI is InChI=1S/C13H21NO3/c1-5-7-14(8-6-2)11(15)9-13(3,4)10-12(16)17/h5-6H,1-2,7-10H2,3-4H3,(H,16,17). The predicted molar refractivity (Wildman–Crippen MR) is 67.6 cm³/mol. The summed E-state index contributed by atoms with van der Waals surface area (Å²) < 4.78 is 0. The Morgan fingerprint density at radius 3 is 2.00 bits per heavy atom. The maximum atomic E-state index is 12.0. The van der Waals surface area contributed by atoms with Crippen LogP contribution >= 0.6 is 0 Å². The zero-order valence-corrected chi connectivity index (χ0v) is 10.6. The molecule has 0 spiro atoms. The van der Waals surface area contributed by atoms with Gasteiger partial charge in [0.15, 0.2) is 0 Å². The fourth-order valence-electron chi connectivity index (χ4n) is 1.58. The lowest BCUT2D eigenvalue weighted by Gasteiger charge is -2.26. The number of nitrogens with zero attached hydrogens (tertiary/aromatic N) is 1. The summed E-state index contributed by atoms with van der Waals surface area (Å²) >= 11 is 0. The van der Waals surface area contributed by atoms with Gasteiger partial charge in [-0.1, -0.05) is 26.0 Å². The number of hydrogen-bond donors (Lipinski definition) is 1. The smallest absolute Gasteiger partial charge is 0.303 e. The Kier molecular flexibility index (Phi) is 6.25. The molecule has 0 aliphatic heterocycles. The SMILES string of the molecule is C=CCN(CC=C)C(=O)CC(C)(C)CC(=O)O. The van der Waals surface area contributed by atoms with Crippen molar-refractivity contribution in [2.75, 3.05) is 13.1 Å². The van der Waals surface area contributed by atoms with Gasteiger partial charge in [0.1, 0.15) is 0 Å². The lowest BCUT2D eigenvalue weighted by atomic mass is 9.85. The molecule has 0 heterocycles. The monoisotopic (exact) mass is 239 g/mol. The summed E-state index contributed by atoms with van der Waals surface area (Å²) in [6.45, 7) is 11.6. The van der Waals surface area contributed by atoms with Crippen molar-refractivity contribution in [2.45, 2.75) is 26.7 Å². The van der Waals surface area contributed by atoms with E-state index in [1.165, 1.54) is 0 Å². The van der Waals surface area contributed by atoms with Gasteiger partial charge in [0, 0.05) is 19.5 Å². The highest BCUT2D eigenvalue weighted by atomic mass is 16.4. The summed E-state index contributed by atoms with van der Waals surface area (Å²) in [5.41, 5.74) is -0.538. The summed E-state index contributed by atoms with van der Waals surface area (Å²) in [6.07, 6.45) is 3.48. The Bertz CT molecular complexity index is 298. The molecule has 0 aliphatic rings. The van der Waals surface area contributed by atoms with E-state index in [9.17, 15) is 9.59 Å². The van der Waals surface area contributed by atoms with Crippen LogP contribution in [0.5, 0.6) is 0 Å². The average molecular weight is 239 g/mol. The van der Waals surface area contributed by atoms with Crippen LogP contribution in [0.2, 0.25) is 0 Å². The number of rotatable bonds is 8. The van der Waals surface area contributed by atoms with E-state index in [1.807, 2.05) is 0 Å². The first-order chi connectivity index (χ1) is 7.82. The molecule has 0 aromatic carbocycles. The largest absolute Gasteiger partial charge is 0.481 e. The van der Waals surface area contributed by atoms with Gasteiger partial charge >= 0.3 is 5.97 Å². The molecule has 0 aromatic rings. The second-order valence-corrected chi connectivity index (χ2v) is 4.79. The molecule has 0 saturated heterocycles. The Labute approximate surface area is 103 Å². The van der Waals surface area contributed by atoms with Crippen LogP contribution < -0.4 is 0 Å². The van der Waals surface area contributed by atoms with Crippen molar-refractivity contribution in [1.82, 2.24) is 4.90 Å². The van der Waals surface area contributed by atoms with Crippen molar-refractivity contribution in [3.8, 4) is 0 Å². The minimum atomic E-state index is -0.887. The van der Waals surface area contributed by atoms with Crippen LogP contribution in [0.25, 0.3) is 0 Å². The Hall–Kier alpha value is -1.58. The predicted octanol–water partition coefficient (Wildman–Crippen LogP) is 2.08. The molecule has 0 aliphatic carbocycles. The number of carboxylic acids is 1. The Morgan fingerprint density at radius 1 is 1.18 bits per heavy atom. The fraction of sp³-hybridized carbons (Fsp3) is 0.538. The van der Waals surface area contributed by atoms with Crippen LogP contribution in [0.1, 0.15) is 26.7 Å². The second-order valence-electron chi connectivity index (χ2n) is 4.79. The molecule has 1 amide bonds. The van der Waals surface area contributed by atoms with E-state index in [-0.39, 0.29) is 18.7 Å². The van der Waals surface area contributed by atoms with Gasteiger partial charge in [-0.2, -0.15) is 0 Å². The molecule has 96 valence electrons. The van der Waals surface area contributed by atoms with Gasteiger partial charge in [0.05, 0.1) is 6.42 Å². The van der Waals surface area contributed by atoms with Gasteiger partial charge in [0.2, 0.25) is 5.91 Å². The molecular formula is C13H21NO3. The van der Waals surface area contributed by atoms with Crippen molar-refractivity contribution in [2.24, 2.45) is 5.41 Å². The van der Waals surface area contributed by atoms with Gasteiger partial charge in [-0.05, 0) is 5.41 Å². The first-order valence-electron chi connectivity index (χ1n) is 5.54. The minimum absolute atomic E-state index is 0.0191. The Morgan fingerprint density at radius 2 is 1.65 bits per heavy atom. The fourth-order valence-corrected chi connectivity index (χ4v) is 1.58. The number of carbonyl (C=O) groups is 2. The van der Waals surface area contributed by atoms with Crippen LogP contribution in [0.15, 0.2) is 25.3 Å². The van der Waals surface area contributed by atoms with E-state index in [0.717, 1.165) is 0 Å². The van der Waals surface area contributed by atoms with Crippen LogP contribution in [-0.4, -0.2) is 35.0 Å². The number of carbonyl (C=O) groups excluding carboxylic acids is 1. The summed E-state index contributed by atoms with van der Waals surface area (Å²) in [7, 11) is 0. The summed E-state index contributed by atoms with van der Waals surface area (Å²) in [4.78, 5) is 24.2. The van der Waals surface area contributed by atoms with Gasteiger partial charge in [-0.25, -0.2) is 0 Å². The van der Waals surface area contributed by atoms with Crippen LogP contribution in [-0.2, 0) is 9.59 Å². The highest BCUT2D eigenvalue weighted by molar-refractivity contribution is 5.78. The van der Waals surface area contributed by atoms with Gasteiger partial charge in [-0.15, -0.1) is 13.2 Å². The number of carboxylic acid groups (broad SMARTS) is 1. The average Bonchev–Trinajstić information content (AvgIpc) is 2.14. The molecule has 1 N–H and O–H groups in total. The van der Waals surface area contributed by atoms with E-state index in [1.54, 1.807) is 30.9 Å². The van der Waals surface area contributed by atoms with Gasteiger partial charge in [0.25, 0.3) is 0 Å². The highest BCUT2D eigenvalue weighted by Gasteiger charge is 2.27. The molecule has 4 nitrogen and oxygen atoms in total. The van der Waals surface area contributed by atoms with Gasteiger partial charge < -0.3 is 10.0 Å². The first-order valence-corrected chi connectivity index (χ1v) is 5.54. The zero-order valence-electron chi connectivity index (χ0n) is 10.6. The number of amides is 1. The van der Waals surface area contributed by atoms with Crippen LogP contribution in [0.3, 0.4) is 0 Å². The van der Waals surface area contributed by atoms with Gasteiger partial charge in [-0.3, -0.25) is 9.59 Å². The molecule has 0 saturated carbocycles. The molecule has 0 unspecified atom stereocenters. The molecule has 0 rings (SSSR count). The topological polar surface area (TPSA) is 57.6 Å². The second kappa shape index (κ2) is 6.89. The molecular weight excluding hydrogens is 218 g/mol. The highest BCUT2D eigenvalue weighted by Crippen LogP contribution is 2.25. The molecule has 17 heavy (non-hydrogen) atoms. The third-order valence-electron chi connectivity index (χ3n) is 2.31. The van der Waals surface area contributed by atoms with E-state index in [0.29, 0.717) is 13.1 Å². The van der Waals surface area contributed by atoms with Crippen LogP contribution in [0.4, 0.5) is 0 Å². The number of aliphatic carboxylic acids is 1. The normalized spacial score (nSPS) is 10.7. The number of hydrogen-bond acceptors (Lipinski definition) is 2. The van der Waals surface area contributed by atoms with Crippen molar-refractivity contribution in [1.29, 1.82) is 0 Å². The maximum Gasteiger partial charge on any atom is 0.303 e. The van der Waals surface area contributed by atoms with E-state index < -0.39 is 11.4 Å². The molecule has 0 atom stereocenters. The third-order valence-corrected chi connectivity index (χ3v) is 2.31. The first kappa shape index (κ1) is 15.4. The van der Waals surface area contributed by atoms with E-state index in [2.05, 4.69) is 13.2 Å². The zero-order chi connectivity index (χ0) is 13.5. The Balaban J connectivity index is 4.51. The van der Waals surface area contributed by atoms with Crippen molar-refractivity contribution < 1.29 is 14.7 Å². The third kappa shape index (κ3) is 6.56. The maximum absolute atomic E-state index is 12.0.